The summed E-state index contributed by atoms with van der Waals surface area (Å²) in [5, 5.41) is -0.499. The van der Waals surface area contributed by atoms with Crippen molar-refractivity contribution in [2.45, 2.75) is 26.7 Å². The van der Waals surface area contributed by atoms with Crippen molar-refractivity contribution >= 4 is 50.9 Å². The molecule has 0 aliphatic carbocycles. The summed E-state index contributed by atoms with van der Waals surface area (Å²) in [7, 11) is 1.53. The van der Waals surface area contributed by atoms with Gasteiger partial charge in [-0.3, -0.25) is 19.3 Å². The summed E-state index contributed by atoms with van der Waals surface area (Å²) < 4.78 is 16.6. The minimum absolute atomic E-state index is 0.228. The molecule has 0 bridgehead atoms. The summed E-state index contributed by atoms with van der Waals surface area (Å²) in [6.07, 6.45) is 3.21. The van der Waals surface area contributed by atoms with E-state index in [0.717, 1.165) is 29.5 Å². The predicted molar refractivity (Wildman–Crippen MR) is 110 cm³/mol. The third kappa shape index (κ3) is 5.51. The first-order valence-corrected chi connectivity index (χ1v) is 10.4. The van der Waals surface area contributed by atoms with Crippen molar-refractivity contribution < 1.29 is 28.6 Å². The van der Waals surface area contributed by atoms with E-state index in [2.05, 4.69) is 15.9 Å². The van der Waals surface area contributed by atoms with Crippen molar-refractivity contribution in [3.8, 4) is 11.5 Å². The van der Waals surface area contributed by atoms with Gasteiger partial charge in [0.25, 0.3) is 11.1 Å². The lowest BCUT2D eigenvalue weighted by Gasteiger charge is -2.12. The van der Waals surface area contributed by atoms with Crippen LogP contribution in [0.3, 0.4) is 0 Å². The lowest BCUT2D eigenvalue weighted by molar-refractivity contribution is -0.146. The molecule has 0 unspecified atom stereocenters. The van der Waals surface area contributed by atoms with Crippen molar-refractivity contribution in [3.63, 3.8) is 0 Å². The number of carbonyl (C=O) groups is 3. The first-order chi connectivity index (χ1) is 13.4. The molecule has 1 fully saturated rings. The van der Waals surface area contributed by atoms with E-state index < -0.39 is 17.1 Å². The van der Waals surface area contributed by atoms with Crippen LogP contribution in [-0.4, -0.2) is 48.9 Å². The van der Waals surface area contributed by atoms with Gasteiger partial charge in [-0.2, -0.15) is 0 Å². The molecular weight excluding hydrogens is 450 g/mol. The SMILES string of the molecule is CCCCOC(=O)CN1C(=O)S/C(=C/c2cc(Br)c(OC)c(OCC)c2)C1=O. The Bertz CT molecular complexity index is 795. The van der Waals surface area contributed by atoms with Crippen molar-refractivity contribution in [3.05, 3.63) is 27.1 Å². The number of amides is 2. The maximum absolute atomic E-state index is 12.5. The number of imide groups is 1. The van der Waals surface area contributed by atoms with Crippen molar-refractivity contribution in [2.24, 2.45) is 0 Å². The fraction of sp³-hybridized carbons (Fsp3) is 0.421. The maximum Gasteiger partial charge on any atom is 0.326 e. The molecule has 1 saturated heterocycles. The third-order valence-electron chi connectivity index (χ3n) is 3.76. The molecular formula is C19H22BrNO6S. The summed E-state index contributed by atoms with van der Waals surface area (Å²) in [6.45, 7) is 4.17. The molecule has 2 rings (SSSR count). The van der Waals surface area contributed by atoms with Gasteiger partial charge in [0.2, 0.25) is 0 Å². The zero-order valence-corrected chi connectivity index (χ0v) is 18.4. The van der Waals surface area contributed by atoms with E-state index in [1.165, 1.54) is 7.11 Å². The van der Waals surface area contributed by atoms with Gasteiger partial charge in [-0.25, -0.2) is 0 Å². The normalized spacial score (nSPS) is 15.3. The number of rotatable bonds is 9. The third-order valence-corrected chi connectivity index (χ3v) is 5.25. The van der Waals surface area contributed by atoms with E-state index in [4.69, 9.17) is 14.2 Å². The number of nitrogens with zero attached hydrogens (tertiary/aromatic N) is 1. The largest absolute Gasteiger partial charge is 0.492 e. The maximum atomic E-state index is 12.5. The number of benzene rings is 1. The van der Waals surface area contributed by atoms with Gasteiger partial charge in [-0.05, 0) is 64.8 Å². The number of methoxy groups -OCH3 is 1. The van der Waals surface area contributed by atoms with Crippen molar-refractivity contribution in [1.82, 2.24) is 4.90 Å². The summed E-state index contributed by atoms with van der Waals surface area (Å²) in [6, 6.07) is 3.48. The molecule has 0 aromatic heterocycles. The lowest BCUT2D eigenvalue weighted by atomic mass is 10.2. The van der Waals surface area contributed by atoms with Crippen LogP contribution in [0.4, 0.5) is 4.79 Å². The molecule has 0 spiro atoms. The van der Waals surface area contributed by atoms with Crippen LogP contribution in [-0.2, 0) is 14.3 Å². The minimum Gasteiger partial charge on any atom is -0.492 e. The van der Waals surface area contributed by atoms with E-state index in [-0.39, 0.29) is 18.1 Å². The second-order valence-corrected chi connectivity index (χ2v) is 7.66. The van der Waals surface area contributed by atoms with Gasteiger partial charge in [-0.1, -0.05) is 13.3 Å². The van der Waals surface area contributed by atoms with Crippen LogP contribution in [0.15, 0.2) is 21.5 Å². The van der Waals surface area contributed by atoms with Crippen molar-refractivity contribution in [1.29, 1.82) is 0 Å². The number of carbonyl (C=O) groups excluding carboxylic acids is 3. The first-order valence-electron chi connectivity index (χ1n) is 8.82. The summed E-state index contributed by atoms with van der Waals surface area (Å²) in [4.78, 5) is 37.6. The molecule has 1 aliphatic rings. The second kappa shape index (κ2) is 10.5. The number of hydrogen-bond acceptors (Lipinski definition) is 7. The van der Waals surface area contributed by atoms with Crippen LogP contribution < -0.4 is 9.47 Å². The smallest absolute Gasteiger partial charge is 0.326 e. The van der Waals surface area contributed by atoms with Gasteiger partial charge < -0.3 is 14.2 Å². The van der Waals surface area contributed by atoms with Crippen LogP contribution in [0.2, 0.25) is 0 Å². The Labute approximate surface area is 176 Å². The molecule has 7 nitrogen and oxygen atoms in total. The van der Waals surface area contributed by atoms with E-state index in [1.807, 2.05) is 13.8 Å². The van der Waals surface area contributed by atoms with E-state index in [0.29, 0.717) is 28.1 Å². The Morgan fingerprint density at radius 2 is 2.04 bits per heavy atom. The molecule has 0 N–H and O–H groups in total. The molecule has 0 atom stereocenters. The molecule has 1 aromatic rings. The molecule has 0 radical (unpaired) electrons. The second-order valence-electron chi connectivity index (χ2n) is 5.81. The van der Waals surface area contributed by atoms with Crippen LogP contribution >= 0.6 is 27.7 Å². The van der Waals surface area contributed by atoms with Crippen LogP contribution in [0.1, 0.15) is 32.3 Å². The number of unbranched alkanes of at least 4 members (excludes halogenated alkanes) is 1. The quantitative estimate of drug-likeness (QED) is 0.302. The van der Waals surface area contributed by atoms with E-state index in [9.17, 15) is 14.4 Å². The van der Waals surface area contributed by atoms with Crippen LogP contribution in [0.5, 0.6) is 11.5 Å². The molecule has 1 aliphatic heterocycles. The Kier molecular flexibility index (Phi) is 8.37. The summed E-state index contributed by atoms with van der Waals surface area (Å²) in [5.74, 6) is -0.0542. The highest BCUT2D eigenvalue weighted by Crippen LogP contribution is 2.39. The monoisotopic (exact) mass is 471 g/mol. The molecule has 28 heavy (non-hydrogen) atoms. The van der Waals surface area contributed by atoms with Gasteiger partial charge >= 0.3 is 5.97 Å². The highest BCUT2D eigenvalue weighted by atomic mass is 79.9. The summed E-state index contributed by atoms with van der Waals surface area (Å²) >= 11 is 4.20. The molecule has 152 valence electrons. The number of halogens is 1. The molecule has 2 amide bonds. The number of ether oxygens (including phenoxy) is 3. The first kappa shape index (κ1) is 22.3. The Morgan fingerprint density at radius 3 is 2.68 bits per heavy atom. The zero-order chi connectivity index (χ0) is 20.7. The average Bonchev–Trinajstić information content (AvgIpc) is 2.89. The van der Waals surface area contributed by atoms with E-state index >= 15 is 0 Å². The predicted octanol–water partition coefficient (Wildman–Crippen LogP) is 4.24. The minimum atomic E-state index is -0.595. The van der Waals surface area contributed by atoms with Gasteiger partial charge in [0.1, 0.15) is 6.54 Å². The zero-order valence-electron chi connectivity index (χ0n) is 16.0. The molecule has 1 heterocycles. The molecule has 0 saturated carbocycles. The van der Waals surface area contributed by atoms with Crippen molar-refractivity contribution in [2.75, 3.05) is 26.9 Å². The van der Waals surface area contributed by atoms with Gasteiger partial charge in [-0.15, -0.1) is 0 Å². The number of thioether (sulfide) groups is 1. The number of esters is 1. The fourth-order valence-electron chi connectivity index (χ4n) is 2.43. The van der Waals surface area contributed by atoms with Gasteiger partial charge in [0.05, 0.1) is 29.7 Å². The van der Waals surface area contributed by atoms with Crippen LogP contribution in [0, 0.1) is 0 Å². The molecule has 1 aromatic carbocycles. The van der Waals surface area contributed by atoms with Crippen LogP contribution in [0.25, 0.3) is 6.08 Å². The Balaban J connectivity index is 2.18. The van der Waals surface area contributed by atoms with Gasteiger partial charge in [0, 0.05) is 0 Å². The number of hydrogen-bond donors (Lipinski definition) is 0. The summed E-state index contributed by atoms with van der Waals surface area (Å²) in [5.41, 5.74) is 0.659. The Hall–Kier alpha value is -2.00. The highest BCUT2D eigenvalue weighted by molar-refractivity contribution is 9.10. The Morgan fingerprint density at radius 1 is 1.29 bits per heavy atom. The van der Waals surface area contributed by atoms with E-state index in [1.54, 1.807) is 18.2 Å². The molecule has 9 heteroatoms. The highest BCUT2D eigenvalue weighted by Gasteiger charge is 2.36. The standard InChI is InChI=1S/C19H22BrNO6S/c1-4-6-7-27-16(22)11-21-18(23)15(28-19(21)24)10-12-8-13(20)17(25-3)14(9-12)26-5-2/h8-10H,4-7,11H2,1-3H3/b15-10+. The lowest BCUT2D eigenvalue weighted by Crippen LogP contribution is -2.34. The topological polar surface area (TPSA) is 82.1 Å². The van der Waals surface area contributed by atoms with Gasteiger partial charge in [0.15, 0.2) is 11.5 Å². The average molecular weight is 472 g/mol. The fourth-order valence-corrected chi connectivity index (χ4v) is 3.88.